The maximum absolute atomic E-state index is 12.5. The highest BCUT2D eigenvalue weighted by Gasteiger charge is 2.35. The Morgan fingerprint density at radius 2 is 2.00 bits per heavy atom. The van der Waals surface area contributed by atoms with E-state index < -0.39 is 11.4 Å². The minimum Gasteiger partial charge on any atom is -0.481 e. The van der Waals surface area contributed by atoms with E-state index in [1.165, 1.54) is 0 Å². The van der Waals surface area contributed by atoms with Gasteiger partial charge in [0.25, 0.3) is 0 Å². The number of carboxylic acid groups (broad SMARTS) is 1. The molecule has 5 nitrogen and oxygen atoms in total. The molecule has 0 aliphatic carbocycles. The smallest absolute Gasteiger partial charge is 0.310 e. The summed E-state index contributed by atoms with van der Waals surface area (Å²) in [6.07, 6.45) is 1.32. The molecule has 1 aromatic rings. The van der Waals surface area contributed by atoms with Gasteiger partial charge in [0, 0.05) is 13.2 Å². The number of amides is 1. The van der Waals surface area contributed by atoms with E-state index in [1.54, 1.807) is 13.8 Å². The molecule has 1 fully saturated rings. The van der Waals surface area contributed by atoms with Gasteiger partial charge < -0.3 is 15.2 Å². The molecule has 2 atom stereocenters. The Kier molecular flexibility index (Phi) is 5.19. The summed E-state index contributed by atoms with van der Waals surface area (Å²) in [4.78, 5) is 23.6. The highest BCUT2D eigenvalue weighted by atomic mass is 16.5. The fourth-order valence-corrected chi connectivity index (χ4v) is 2.54. The van der Waals surface area contributed by atoms with Crippen molar-refractivity contribution in [3.8, 4) is 0 Å². The van der Waals surface area contributed by atoms with Crippen LogP contribution >= 0.6 is 0 Å². The third-order valence-corrected chi connectivity index (χ3v) is 4.07. The van der Waals surface area contributed by atoms with Crippen molar-refractivity contribution in [2.75, 3.05) is 13.2 Å². The van der Waals surface area contributed by atoms with Gasteiger partial charge in [-0.05, 0) is 32.3 Å². The molecule has 0 saturated carbocycles. The summed E-state index contributed by atoms with van der Waals surface area (Å²) in [7, 11) is 0. The molecule has 1 aliphatic heterocycles. The average molecular weight is 305 g/mol. The van der Waals surface area contributed by atoms with E-state index >= 15 is 0 Å². The monoisotopic (exact) mass is 305 g/mol. The Balaban J connectivity index is 2.05. The van der Waals surface area contributed by atoms with Crippen molar-refractivity contribution >= 4 is 11.9 Å². The predicted octanol–water partition coefficient (Wildman–Crippen LogP) is 2.38. The second-order valence-electron chi connectivity index (χ2n) is 6.36. The number of aliphatic carboxylic acids is 1. The van der Waals surface area contributed by atoms with Crippen molar-refractivity contribution in [1.82, 2.24) is 5.32 Å². The molecule has 0 spiro atoms. The first-order valence-electron chi connectivity index (χ1n) is 7.59. The van der Waals surface area contributed by atoms with Gasteiger partial charge in [-0.3, -0.25) is 9.59 Å². The van der Waals surface area contributed by atoms with Crippen LogP contribution in [0.2, 0.25) is 0 Å². The van der Waals surface area contributed by atoms with Gasteiger partial charge in [0.15, 0.2) is 0 Å². The van der Waals surface area contributed by atoms with Gasteiger partial charge in [-0.25, -0.2) is 0 Å². The van der Waals surface area contributed by atoms with Gasteiger partial charge in [0.2, 0.25) is 5.91 Å². The van der Waals surface area contributed by atoms with Gasteiger partial charge in [0.1, 0.15) is 0 Å². The molecule has 120 valence electrons. The van der Waals surface area contributed by atoms with E-state index in [9.17, 15) is 9.59 Å². The van der Waals surface area contributed by atoms with Crippen molar-refractivity contribution in [2.45, 2.75) is 32.8 Å². The first-order valence-corrected chi connectivity index (χ1v) is 7.59. The van der Waals surface area contributed by atoms with Crippen LogP contribution in [-0.4, -0.2) is 30.1 Å². The molecule has 1 heterocycles. The van der Waals surface area contributed by atoms with Crippen molar-refractivity contribution in [2.24, 2.45) is 11.3 Å². The molecule has 0 aromatic heterocycles. The first kappa shape index (κ1) is 16.5. The maximum atomic E-state index is 12.5. The van der Waals surface area contributed by atoms with Gasteiger partial charge >= 0.3 is 5.97 Å². The van der Waals surface area contributed by atoms with E-state index in [0.717, 1.165) is 18.4 Å². The summed E-state index contributed by atoms with van der Waals surface area (Å²) in [6.45, 7) is 3.95. The number of benzene rings is 1. The number of ether oxygens (including phenoxy) is 1. The van der Waals surface area contributed by atoms with Gasteiger partial charge in [-0.15, -0.1) is 0 Å². The molecule has 2 rings (SSSR count). The number of nitrogens with one attached hydrogen (secondary N) is 1. The van der Waals surface area contributed by atoms with Crippen LogP contribution < -0.4 is 5.32 Å². The topological polar surface area (TPSA) is 75.6 Å². The fourth-order valence-electron chi connectivity index (χ4n) is 2.54. The van der Waals surface area contributed by atoms with Crippen LogP contribution in [0, 0.1) is 11.3 Å². The zero-order chi connectivity index (χ0) is 16.2. The Hall–Kier alpha value is -1.88. The van der Waals surface area contributed by atoms with E-state index in [-0.39, 0.29) is 24.5 Å². The minimum absolute atomic E-state index is 0.110. The Bertz CT molecular complexity index is 527. The molecule has 1 aliphatic rings. The molecule has 5 heteroatoms. The van der Waals surface area contributed by atoms with Crippen LogP contribution in [0.4, 0.5) is 0 Å². The quantitative estimate of drug-likeness (QED) is 0.876. The zero-order valence-corrected chi connectivity index (χ0v) is 13.0. The summed E-state index contributed by atoms with van der Waals surface area (Å²) in [5.41, 5.74) is 0.00722. The molecule has 0 radical (unpaired) electrons. The standard InChI is InChI=1S/C17H23NO4/c1-17(2,16(20)21)11-18-15(19)13-9-6-10-22-14(13)12-7-4-3-5-8-12/h3-5,7-8,13-14H,6,9-11H2,1-2H3,(H,18,19)(H,20,21). The van der Waals surface area contributed by atoms with Crippen LogP contribution in [-0.2, 0) is 14.3 Å². The average Bonchev–Trinajstić information content (AvgIpc) is 2.53. The first-order chi connectivity index (χ1) is 10.4. The molecule has 22 heavy (non-hydrogen) atoms. The lowest BCUT2D eigenvalue weighted by Gasteiger charge is -2.32. The molecule has 0 bridgehead atoms. The molecule has 2 unspecified atom stereocenters. The van der Waals surface area contributed by atoms with E-state index in [2.05, 4.69) is 5.32 Å². The molecule has 1 saturated heterocycles. The summed E-state index contributed by atoms with van der Waals surface area (Å²) in [5.74, 6) is -1.34. The SMILES string of the molecule is CC(C)(CNC(=O)C1CCCOC1c1ccccc1)C(=O)O. The van der Waals surface area contributed by atoms with Crippen LogP contribution in [0.15, 0.2) is 30.3 Å². The number of carboxylic acids is 1. The van der Waals surface area contributed by atoms with Crippen molar-refractivity contribution in [3.63, 3.8) is 0 Å². The van der Waals surface area contributed by atoms with Crippen LogP contribution in [0.5, 0.6) is 0 Å². The van der Waals surface area contributed by atoms with Gasteiger partial charge in [0.05, 0.1) is 17.4 Å². The third kappa shape index (κ3) is 3.85. The fraction of sp³-hybridized carbons (Fsp3) is 0.529. The lowest BCUT2D eigenvalue weighted by atomic mass is 9.88. The third-order valence-electron chi connectivity index (χ3n) is 4.07. The number of carbonyl (C=O) groups excluding carboxylic acids is 1. The lowest BCUT2D eigenvalue weighted by molar-refractivity contribution is -0.147. The Labute approximate surface area is 130 Å². The van der Waals surface area contributed by atoms with E-state index in [4.69, 9.17) is 9.84 Å². The van der Waals surface area contributed by atoms with E-state index in [1.807, 2.05) is 30.3 Å². The van der Waals surface area contributed by atoms with E-state index in [0.29, 0.717) is 6.61 Å². The maximum Gasteiger partial charge on any atom is 0.310 e. The number of carbonyl (C=O) groups is 2. The van der Waals surface area contributed by atoms with Crippen LogP contribution in [0.1, 0.15) is 38.4 Å². The highest BCUT2D eigenvalue weighted by Crippen LogP contribution is 2.33. The van der Waals surface area contributed by atoms with Crippen molar-refractivity contribution in [3.05, 3.63) is 35.9 Å². The van der Waals surface area contributed by atoms with Gasteiger partial charge in [-0.1, -0.05) is 30.3 Å². The number of hydrogen-bond donors (Lipinski definition) is 2. The second-order valence-corrected chi connectivity index (χ2v) is 6.36. The summed E-state index contributed by atoms with van der Waals surface area (Å²) in [5, 5.41) is 11.9. The lowest BCUT2D eigenvalue weighted by Crippen LogP contribution is -2.43. The molecule has 1 aromatic carbocycles. The Morgan fingerprint density at radius 3 is 2.64 bits per heavy atom. The molecule has 2 N–H and O–H groups in total. The predicted molar refractivity (Wildman–Crippen MR) is 82.3 cm³/mol. The van der Waals surface area contributed by atoms with Crippen LogP contribution in [0.25, 0.3) is 0 Å². The van der Waals surface area contributed by atoms with Crippen molar-refractivity contribution < 1.29 is 19.4 Å². The minimum atomic E-state index is -0.979. The largest absolute Gasteiger partial charge is 0.481 e. The second kappa shape index (κ2) is 6.92. The Morgan fingerprint density at radius 1 is 1.32 bits per heavy atom. The summed E-state index contributed by atoms with van der Waals surface area (Å²) >= 11 is 0. The summed E-state index contributed by atoms with van der Waals surface area (Å²) < 4.78 is 5.80. The van der Waals surface area contributed by atoms with Crippen molar-refractivity contribution in [1.29, 1.82) is 0 Å². The number of rotatable bonds is 5. The van der Waals surface area contributed by atoms with Gasteiger partial charge in [-0.2, -0.15) is 0 Å². The normalized spacial score (nSPS) is 22.1. The van der Waals surface area contributed by atoms with Crippen LogP contribution in [0.3, 0.4) is 0 Å². The number of hydrogen-bond acceptors (Lipinski definition) is 3. The highest BCUT2D eigenvalue weighted by molar-refractivity contribution is 5.81. The summed E-state index contributed by atoms with van der Waals surface area (Å²) in [6, 6.07) is 9.69. The molecular weight excluding hydrogens is 282 g/mol. The molecule has 1 amide bonds. The molecular formula is C17H23NO4. The zero-order valence-electron chi connectivity index (χ0n) is 13.0.